The summed E-state index contributed by atoms with van der Waals surface area (Å²) in [6.45, 7) is 0. The van der Waals surface area contributed by atoms with Crippen molar-refractivity contribution in [1.82, 2.24) is 9.78 Å². The number of rotatable bonds is 10. The van der Waals surface area contributed by atoms with Gasteiger partial charge in [0.2, 0.25) is 0 Å². The van der Waals surface area contributed by atoms with Crippen LogP contribution in [-0.2, 0) is 50.1 Å². The molecule has 0 aliphatic carbocycles. The van der Waals surface area contributed by atoms with Gasteiger partial charge in [-0.3, -0.25) is 32.9 Å². The maximum absolute atomic E-state index is 13.2. The van der Waals surface area contributed by atoms with E-state index in [1.54, 1.807) is 0 Å². The third-order valence-corrected chi connectivity index (χ3v) is 9.73. The Hall–Kier alpha value is -3.35. The normalized spacial score (nSPS) is 14.7. The molecule has 22 nitrogen and oxygen atoms in total. The summed E-state index contributed by atoms with van der Waals surface area (Å²) >= 11 is 0. The van der Waals surface area contributed by atoms with Crippen LogP contribution in [0.25, 0.3) is 11.8 Å². The van der Waals surface area contributed by atoms with Gasteiger partial charge in [0.25, 0.3) is 51.9 Å². The maximum atomic E-state index is 13.2. The first-order valence-corrected chi connectivity index (χ1v) is 17.9. The van der Waals surface area contributed by atoms with Crippen LogP contribution in [0.1, 0.15) is 18.9 Å². The molecule has 0 saturated heterocycles. The SMILES string of the molecule is O=C(O)C1=NN(c2cc(S(=O)(=O)O)ccc2S(=O)(=O)O)C(=O)/C1=C/C=C/c1c(C(=O)O)[nH]n(-c2cc(S(=O)(=O)O)ccc2S(=O)(=O)O)c1=O.[H-].[H-].[Na+].[Na+]. The van der Waals surface area contributed by atoms with Crippen molar-refractivity contribution in [2.75, 3.05) is 5.01 Å². The summed E-state index contributed by atoms with van der Waals surface area (Å²) in [4.78, 5) is 46.0. The van der Waals surface area contributed by atoms with Gasteiger partial charge >= 0.3 is 71.1 Å². The fourth-order valence-electron chi connectivity index (χ4n) is 4.16. The number of hydrogen-bond acceptors (Lipinski definition) is 13. The predicted molar refractivity (Wildman–Crippen MR) is 161 cm³/mol. The Morgan fingerprint density at radius 2 is 1.20 bits per heavy atom. The van der Waals surface area contributed by atoms with Crippen LogP contribution in [0.5, 0.6) is 0 Å². The Kier molecular flexibility index (Phi) is 13.2. The van der Waals surface area contributed by atoms with E-state index in [0.717, 1.165) is 0 Å². The molecule has 3 aromatic rings. The zero-order valence-electron chi connectivity index (χ0n) is 27.3. The average molecular weight is 813 g/mol. The first kappa shape index (κ1) is 43.8. The van der Waals surface area contributed by atoms with Crippen LogP contribution in [0.4, 0.5) is 5.69 Å². The molecular formula is C23H18N4Na2O18S4. The number of hydrogen-bond donors (Lipinski definition) is 7. The summed E-state index contributed by atoms with van der Waals surface area (Å²) in [5.74, 6) is -5.29. The van der Waals surface area contributed by atoms with Crippen molar-refractivity contribution in [2.24, 2.45) is 5.10 Å². The van der Waals surface area contributed by atoms with E-state index in [9.17, 15) is 81.3 Å². The topological polar surface area (TPSA) is 363 Å². The summed E-state index contributed by atoms with van der Waals surface area (Å²) < 4.78 is 132. The molecule has 28 heteroatoms. The number of aromatic carboxylic acids is 1. The van der Waals surface area contributed by atoms with E-state index >= 15 is 0 Å². The monoisotopic (exact) mass is 812 g/mol. The van der Waals surface area contributed by atoms with Crippen LogP contribution in [-0.4, -0.2) is 95.4 Å². The van der Waals surface area contributed by atoms with Crippen LogP contribution < -0.4 is 69.7 Å². The molecule has 1 aliphatic heterocycles. The first-order valence-electron chi connectivity index (χ1n) is 12.2. The van der Waals surface area contributed by atoms with E-state index < -0.39 is 117 Å². The van der Waals surface area contributed by atoms with Crippen LogP contribution in [0.2, 0.25) is 0 Å². The molecule has 0 saturated carbocycles. The minimum atomic E-state index is -5.24. The van der Waals surface area contributed by atoms with Gasteiger partial charge in [-0.2, -0.15) is 43.8 Å². The van der Waals surface area contributed by atoms with E-state index in [-0.39, 0.29) is 71.7 Å². The number of anilines is 1. The molecular weight excluding hydrogens is 795 g/mol. The largest absolute Gasteiger partial charge is 1.00 e. The molecule has 0 atom stereocenters. The van der Waals surface area contributed by atoms with Crippen molar-refractivity contribution < 1.29 is 138 Å². The van der Waals surface area contributed by atoms with Gasteiger partial charge in [-0.05, 0) is 48.6 Å². The van der Waals surface area contributed by atoms with Crippen LogP contribution >= 0.6 is 0 Å². The summed E-state index contributed by atoms with van der Waals surface area (Å²) in [7, 11) is -20.6. The van der Waals surface area contributed by atoms with Crippen molar-refractivity contribution in [3.8, 4) is 5.69 Å². The second-order valence-corrected chi connectivity index (χ2v) is 14.9. The number of carbonyl (C=O) groups excluding carboxylic acids is 1. The number of aromatic amines is 1. The molecule has 1 aliphatic rings. The Morgan fingerprint density at radius 1 is 0.725 bits per heavy atom. The smallest absolute Gasteiger partial charge is 1.00 e. The summed E-state index contributed by atoms with van der Waals surface area (Å²) in [6.07, 6.45) is 1.97. The molecule has 0 spiro atoms. The number of aromatic nitrogens is 2. The van der Waals surface area contributed by atoms with Crippen molar-refractivity contribution >= 4 is 75.8 Å². The van der Waals surface area contributed by atoms with Crippen molar-refractivity contribution in [1.29, 1.82) is 0 Å². The maximum Gasteiger partial charge on any atom is 1.00 e. The molecule has 0 fully saturated rings. The van der Waals surface area contributed by atoms with Crippen molar-refractivity contribution in [3.05, 3.63) is 75.7 Å². The Labute approximate surface area is 332 Å². The number of amides is 1. The third kappa shape index (κ3) is 9.18. The Bertz CT molecular complexity index is 2620. The summed E-state index contributed by atoms with van der Waals surface area (Å²) in [5, 5.41) is 24.7. The van der Waals surface area contributed by atoms with Crippen LogP contribution in [0.3, 0.4) is 0 Å². The van der Waals surface area contributed by atoms with E-state index in [4.69, 9.17) is 0 Å². The van der Waals surface area contributed by atoms with E-state index in [1.807, 2.05) is 5.10 Å². The molecule has 0 bridgehead atoms. The fraction of sp³-hybridized carbons (Fsp3) is 0. The number of carbonyl (C=O) groups is 3. The molecule has 264 valence electrons. The second-order valence-electron chi connectivity index (χ2n) is 9.32. The quantitative estimate of drug-likeness (QED) is 0.0568. The van der Waals surface area contributed by atoms with Gasteiger partial charge in [-0.1, -0.05) is 6.08 Å². The van der Waals surface area contributed by atoms with E-state index in [0.29, 0.717) is 54.6 Å². The first-order chi connectivity index (χ1) is 22.3. The standard InChI is InChI=1S/C23H16N4O18S4.2Na.2H/c28-20-12(18(22(30)31)24-26(20)14-8-10(46(34,35)36)4-6-16(14)48(40,41)42)2-1-3-13-19(23(32)33)25-27(21(13)29)15-9-11(47(37,38)39)5-7-17(15)49(43,44)45;;;;/h1-9,24H,(H,30,31)(H,32,33)(H,34,35,36)(H,37,38,39)(H,40,41,42)(H,43,44,45);;;;/q;2*+1;2*-1/b2-1+,13-3+;;;;. The number of aliphatic carboxylic acids is 1. The number of nitrogens with zero attached hydrogens (tertiary/aromatic N) is 3. The molecule has 0 unspecified atom stereocenters. The number of nitrogens with one attached hydrogen (secondary N) is 1. The van der Waals surface area contributed by atoms with Gasteiger partial charge in [-0.25, -0.2) is 14.3 Å². The summed E-state index contributed by atoms with van der Waals surface area (Å²) in [5.41, 5.74) is -7.33. The third-order valence-electron chi connectivity index (χ3n) is 6.23. The molecule has 51 heavy (non-hydrogen) atoms. The minimum Gasteiger partial charge on any atom is -1.00 e. The molecule has 1 amide bonds. The molecule has 4 rings (SSSR count). The Balaban J connectivity index is 0.00000676. The van der Waals surface area contributed by atoms with Gasteiger partial charge in [0.15, 0.2) is 11.4 Å². The fourth-order valence-corrected chi connectivity index (χ4v) is 6.46. The van der Waals surface area contributed by atoms with Crippen LogP contribution in [0, 0.1) is 0 Å². The Morgan fingerprint density at radius 3 is 1.63 bits per heavy atom. The van der Waals surface area contributed by atoms with E-state index in [1.165, 1.54) is 0 Å². The van der Waals surface area contributed by atoms with Gasteiger partial charge in [-0.15, -0.1) is 0 Å². The van der Waals surface area contributed by atoms with Gasteiger partial charge in [0, 0.05) is 0 Å². The van der Waals surface area contributed by atoms with Crippen molar-refractivity contribution in [3.63, 3.8) is 0 Å². The number of hydrazone groups is 1. The number of allylic oxidation sites excluding steroid dienone is 2. The number of H-pyrrole nitrogens is 1. The molecule has 0 radical (unpaired) electrons. The van der Waals surface area contributed by atoms with Crippen molar-refractivity contribution in [2.45, 2.75) is 19.6 Å². The molecule has 2 heterocycles. The minimum absolute atomic E-state index is 0. The van der Waals surface area contributed by atoms with E-state index in [2.05, 4.69) is 5.10 Å². The number of carboxylic acids is 2. The zero-order chi connectivity index (χ0) is 37.0. The van der Waals surface area contributed by atoms with Crippen LogP contribution in [0.15, 0.2) is 83.6 Å². The second kappa shape index (κ2) is 15.3. The zero-order valence-corrected chi connectivity index (χ0v) is 32.5. The average Bonchev–Trinajstić information content (AvgIpc) is 3.47. The number of benzene rings is 2. The number of carboxylic acid groups (broad SMARTS) is 2. The van der Waals surface area contributed by atoms with Gasteiger partial charge in [0.1, 0.15) is 9.79 Å². The molecule has 7 N–H and O–H groups in total. The predicted octanol–water partition coefficient (Wildman–Crippen LogP) is -6.49. The van der Waals surface area contributed by atoms with Gasteiger partial charge < -0.3 is 13.1 Å². The summed E-state index contributed by atoms with van der Waals surface area (Å²) in [6, 6.07) is 2.79. The molecule has 1 aromatic heterocycles. The van der Waals surface area contributed by atoms with Gasteiger partial charge in [0.05, 0.1) is 32.3 Å². The molecule has 2 aromatic carbocycles.